The summed E-state index contributed by atoms with van der Waals surface area (Å²) < 4.78 is 27.7. The van der Waals surface area contributed by atoms with Gasteiger partial charge in [0.2, 0.25) is 10.0 Å². The van der Waals surface area contributed by atoms with E-state index in [0.717, 1.165) is 25.3 Å². The summed E-state index contributed by atoms with van der Waals surface area (Å²) in [7, 11) is -3.98. The molecule has 26 heavy (non-hydrogen) atoms. The molecule has 1 aromatic carbocycles. The van der Waals surface area contributed by atoms with Crippen molar-refractivity contribution in [2.24, 2.45) is 17.0 Å². The van der Waals surface area contributed by atoms with Crippen LogP contribution in [0.15, 0.2) is 23.1 Å². The number of primary sulfonamides is 1. The normalized spacial score (nSPS) is 23.3. The van der Waals surface area contributed by atoms with Crippen molar-refractivity contribution < 1.29 is 22.7 Å². The first-order chi connectivity index (χ1) is 12.1. The molecule has 1 aliphatic carbocycles. The van der Waals surface area contributed by atoms with Gasteiger partial charge >= 0.3 is 5.97 Å². The Balaban J connectivity index is 1.97. The Morgan fingerprint density at radius 2 is 2.00 bits per heavy atom. The Labute approximate surface area is 158 Å². The van der Waals surface area contributed by atoms with Crippen molar-refractivity contribution in [1.82, 2.24) is 5.32 Å². The second-order valence-electron chi connectivity index (χ2n) is 6.70. The van der Waals surface area contributed by atoms with Gasteiger partial charge in [-0.25, -0.2) is 18.4 Å². The molecule has 1 saturated carbocycles. The Morgan fingerprint density at radius 3 is 2.65 bits per heavy atom. The number of rotatable bonds is 5. The highest BCUT2D eigenvalue weighted by atomic mass is 35.5. The van der Waals surface area contributed by atoms with Gasteiger partial charge in [-0.1, -0.05) is 38.3 Å². The Hall–Kier alpha value is -1.64. The maximum atomic E-state index is 12.1. The van der Waals surface area contributed by atoms with E-state index in [2.05, 4.69) is 19.2 Å². The molecule has 0 aliphatic heterocycles. The van der Waals surface area contributed by atoms with Crippen LogP contribution in [0.1, 0.15) is 43.5 Å². The van der Waals surface area contributed by atoms with Gasteiger partial charge in [-0.15, -0.1) is 0 Å². The number of sulfonamides is 1. The second-order valence-corrected chi connectivity index (χ2v) is 8.67. The van der Waals surface area contributed by atoms with Gasteiger partial charge in [0.05, 0.1) is 15.5 Å². The lowest BCUT2D eigenvalue weighted by molar-refractivity contribution is -0.125. The van der Waals surface area contributed by atoms with Crippen LogP contribution in [0.25, 0.3) is 0 Å². The Kier molecular flexibility index (Phi) is 6.65. The predicted molar refractivity (Wildman–Crippen MR) is 97.2 cm³/mol. The van der Waals surface area contributed by atoms with Crippen LogP contribution in [0.5, 0.6) is 0 Å². The average Bonchev–Trinajstić information content (AvgIpc) is 2.56. The number of nitrogens with two attached hydrogens (primary N) is 1. The Morgan fingerprint density at radius 1 is 1.31 bits per heavy atom. The number of hydrogen-bond donors (Lipinski definition) is 2. The molecule has 0 radical (unpaired) electrons. The minimum absolute atomic E-state index is 0.0116. The Bertz CT molecular complexity index is 796. The van der Waals surface area contributed by atoms with Gasteiger partial charge in [-0.05, 0) is 36.5 Å². The molecule has 0 saturated heterocycles. The third kappa shape index (κ3) is 5.18. The lowest BCUT2D eigenvalue weighted by Gasteiger charge is -2.34. The SMILES string of the molecule is C[C@@H]1[C@H](C)CCC[C@@H]1NC(=O)COC(=O)c1cc(S(N)(=O)=O)ccc1Cl. The molecule has 7 nitrogen and oxygen atoms in total. The highest BCUT2D eigenvalue weighted by Crippen LogP contribution is 2.29. The number of halogens is 1. The van der Waals surface area contributed by atoms with Gasteiger partial charge < -0.3 is 10.1 Å². The van der Waals surface area contributed by atoms with Crippen molar-refractivity contribution in [3.8, 4) is 0 Å². The molecule has 3 N–H and O–H groups in total. The van der Waals surface area contributed by atoms with Crippen molar-refractivity contribution in [3.63, 3.8) is 0 Å². The number of carbonyl (C=O) groups excluding carboxylic acids is 2. The lowest BCUT2D eigenvalue weighted by Crippen LogP contribution is -2.45. The molecule has 0 aromatic heterocycles. The summed E-state index contributed by atoms with van der Waals surface area (Å²) in [5.74, 6) is -0.413. The van der Waals surface area contributed by atoms with Gasteiger partial charge in [-0.2, -0.15) is 0 Å². The van der Waals surface area contributed by atoms with Crippen molar-refractivity contribution >= 4 is 33.5 Å². The maximum Gasteiger partial charge on any atom is 0.340 e. The maximum absolute atomic E-state index is 12.1. The molecule has 1 aliphatic rings. The predicted octanol–water partition coefficient (Wildman–Crippen LogP) is 2.09. The van der Waals surface area contributed by atoms with Crippen LogP contribution in [-0.4, -0.2) is 32.9 Å². The zero-order chi connectivity index (χ0) is 19.5. The van der Waals surface area contributed by atoms with E-state index in [9.17, 15) is 18.0 Å². The lowest BCUT2D eigenvalue weighted by atomic mass is 9.78. The number of amides is 1. The highest BCUT2D eigenvalue weighted by Gasteiger charge is 2.28. The van der Waals surface area contributed by atoms with E-state index in [1.807, 2.05) is 0 Å². The van der Waals surface area contributed by atoms with Crippen molar-refractivity contribution in [2.75, 3.05) is 6.61 Å². The molecule has 0 heterocycles. The van der Waals surface area contributed by atoms with E-state index < -0.39 is 28.5 Å². The van der Waals surface area contributed by atoms with Gasteiger partial charge in [0.15, 0.2) is 6.61 Å². The summed E-state index contributed by atoms with van der Waals surface area (Å²) in [6.07, 6.45) is 3.08. The minimum Gasteiger partial charge on any atom is -0.452 e. The molecule has 144 valence electrons. The largest absolute Gasteiger partial charge is 0.452 e. The number of ether oxygens (including phenoxy) is 1. The van der Waals surface area contributed by atoms with Gasteiger partial charge in [0.1, 0.15) is 0 Å². The minimum atomic E-state index is -3.98. The molecule has 0 spiro atoms. The van der Waals surface area contributed by atoms with E-state index in [0.29, 0.717) is 11.8 Å². The van der Waals surface area contributed by atoms with E-state index >= 15 is 0 Å². The molecule has 9 heteroatoms. The summed E-state index contributed by atoms with van der Waals surface area (Å²) in [5.41, 5.74) is -0.161. The fourth-order valence-corrected chi connectivity index (χ4v) is 3.82. The molecule has 0 unspecified atom stereocenters. The fraction of sp³-hybridized carbons (Fsp3) is 0.529. The third-order valence-corrected chi connectivity index (χ3v) is 6.11. The average molecular weight is 403 g/mol. The molecule has 1 aromatic rings. The monoisotopic (exact) mass is 402 g/mol. The zero-order valence-corrected chi connectivity index (χ0v) is 16.3. The molecule has 2 rings (SSSR count). The first-order valence-corrected chi connectivity index (χ1v) is 10.3. The summed E-state index contributed by atoms with van der Waals surface area (Å²) in [4.78, 5) is 23.9. The molecule has 1 fully saturated rings. The number of benzene rings is 1. The highest BCUT2D eigenvalue weighted by molar-refractivity contribution is 7.89. The number of carbonyl (C=O) groups is 2. The first-order valence-electron chi connectivity index (χ1n) is 8.38. The smallest absolute Gasteiger partial charge is 0.340 e. The standard InChI is InChI=1S/C17H23ClN2O5S/c1-10-4-3-5-15(11(10)2)20-16(21)9-25-17(22)13-8-12(26(19,23)24)6-7-14(13)18/h6-8,10-11,15H,3-5,9H2,1-2H3,(H,20,21)(H2,19,23,24)/t10-,11-,15+/m1/s1. The van der Waals surface area contributed by atoms with Crippen LogP contribution in [0.2, 0.25) is 5.02 Å². The topological polar surface area (TPSA) is 116 Å². The van der Waals surface area contributed by atoms with Crippen LogP contribution in [0.4, 0.5) is 0 Å². The zero-order valence-electron chi connectivity index (χ0n) is 14.7. The van der Waals surface area contributed by atoms with Crippen LogP contribution in [0.3, 0.4) is 0 Å². The summed E-state index contributed by atoms with van der Waals surface area (Å²) >= 11 is 5.91. The number of hydrogen-bond acceptors (Lipinski definition) is 5. The van der Waals surface area contributed by atoms with Crippen LogP contribution >= 0.6 is 11.6 Å². The van der Waals surface area contributed by atoms with Crippen LogP contribution < -0.4 is 10.5 Å². The molecular weight excluding hydrogens is 380 g/mol. The quantitative estimate of drug-likeness (QED) is 0.731. The molecule has 3 atom stereocenters. The van der Waals surface area contributed by atoms with Gasteiger partial charge in [0, 0.05) is 6.04 Å². The van der Waals surface area contributed by atoms with Gasteiger partial charge in [0.25, 0.3) is 5.91 Å². The first kappa shape index (κ1) is 20.7. The summed E-state index contributed by atoms with van der Waals surface area (Å²) in [5, 5.41) is 7.94. The van der Waals surface area contributed by atoms with Crippen LogP contribution in [-0.2, 0) is 19.6 Å². The third-order valence-electron chi connectivity index (χ3n) is 4.87. The van der Waals surface area contributed by atoms with Crippen molar-refractivity contribution in [3.05, 3.63) is 28.8 Å². The van der Waals surface area contributed by atoms with Gasteiger partial charge in [-0.3, -0.25) is 4.79 Å². The molecular formula is C17H23ClN2O5S. The van der Waals surface area contributed by atoms with Crippen molar-refractivity contribution in [2.45, 2.75) is 44.0 Å². The molecule has 1 amide bonds. The number of esters is 1. The summed E-state index contributed by atoms with van der Waals surface area (Å²) in [6.45, 7) is 3.79. The van der Waals surface area contributed by atoms with E-state index in [4.69, 9.17) is 21.5 Å². The van der Waals surface area contributed by atoms with Crippen molar-refractivity contribution in [1.29, 1.82) is 0 Å². The molecule has 0 bridgehead atoms. The fourth-order valence-electron chi connectivity index (χ4n) is 3.08. The summed E-state index contributed by atoms with van der Waals surface area (Å²) in [6, 6.07) is 3.51. The second kappa shape index (κ2) is 8.37. The van der Waals surface area contributed by atoms with Crippen LogP contribution in [0, 0.1) is 11.8 Å². The number of nitrogens with one attached hydrogen (secondary N) is 1. The van der Waals surface area contributed by atoms with E-state index in [1.54, 1.807) is 0 Å². The van der Waals surface area contributed by atoms with E-state index in [1.165, 1.54) is 12.1 Å². The van der Waals surface area contributed by atoms with E-state index in [-0.39, 0.29) is 21.5 Å².